The summed E-state index contributed by atoms with van der Waals surface area (Å²) in [4.78, 5) is 14.3. The average Bonchev–Trinajstić information content (AvgIpc) is 2.54. The van der Waals surface area contributed by atoms with Crippen LogP contribution < -0.4 is 5.32 Å². The van der Waals surface area contributed by atoms with Crippen LogP contribution in [-0.4, -0.2) is 37.5 Å². The summed E-state index contributed by atoms with van der Waals surface area (Å²) in [5.41, 5.74) is -0.445. The van der Waals surface area contributed by atoms with Crippen molar-refractivity contribution in [1.82, 2.24) is 10.2 Å². The Labute approximate surface area is 141 Å². The molecule has 0 unspecified atom stereocenters. The summed E-state index contributed by atoms with van der Waals surface area (Å²) < 4.78 is 39.4. The van der Waals surface area contributed by atoms with Crippen LogP contribution in [0.1, 0.15) is 43.2 Å². The van der Waals surface area contributed by atoms with Gasteiger partial charge in [-0.2, -0.15) is 13.2 Å². The Morgan fingerprint density at radius 3 is 2.75 bits per heavy atom. The van der Waals surface area contributed by atoms with Crippen molar-refractivity contribution in [3.8, 4) is 0 Å². The van der Waals surface area contributed by atoms with E-state index in [1.165, 1.54) is 12.1 Å². The summed E-state index contributed by atoms with van der Waals surface area (Å²) in [5, 5.41) is 3.12. The average molecular weight is 342 g/mol. The van der Waals surface area contributed by atoms with E-state index in [-0.39, 0.29) is 17.9 Å². The maximum absolute atomic E-state index is 13.1. The van der Waals surface area contributed by atoms with Crippen molar-refractivity contribution in [3.05, 3.63) is 35.4 Å². The van der Waals surface area contributed by atoms with Crippen molar-refractivity contribution in [2.24, 2.45) is 5.92 Å². The number of piperidine rings is 1. The van der Waals surface area contributed by atoms with Crippen LogP contribution in [0, 0.1) is 5.92 Å². The van der Waals surface area contributed by atoms with E-state index in [2.05, 4.69) is 5.32 Å². The number of benzene rings is 1. The number of hydrogen-bond donors (Lipinski definition) is 1. The summed E-state index contributed by atoms with van der Waals surface area (Å²) in [6, 6.07) is 5.53. The van der Waals surface area contributed by atoms with Crippen LogP contribution in [0.2, 0.25) is 0 Å². The number of halogens is 3. The standard InChI is InChI=1S/C18H25F3N2O/c1-13(15-7-3-4-8-16(15)18(19,20)21)10-17(24)23-9-5-6-14(12-23)11-22-2/h3-4,7-8,13-14,22H,5-6,9-12H2,1-2H3/t13-,14-/m1/s1. The van der Waals surface area contributed by atoms with Gasteiger partial charge in [0, 0.05) is 19.5 Å². The van der Waals surface area contributed by atoms with E-state index in [4.69, 9.17) is 0 Å². The minimum atomic E-state index is -4.39. The summed E-state index contributed by atoms with van der Waals surface area (Å²) in [5.74, 6) is -0.0919. The highest BCUT2D eigenvalue weighted by molar-refractivity contribution is 5.77. The lowest BCUT2D eigenvalue weighted by atomic mass is 9.91. The highest BCUT2D eigenvalue weighted by Gasteiger charge is 2.35. The molecule has 1 amide bonds. The number of nitrogens with zero attached hydrogens (tertiary/aromatic N) is 1. The molecule has 0 saturated carbocycles. The molecule has 1 saturated heterocycles. The molecule has 0 aromatic heterocycles. The zero-order chi connectivity index (χ0) is 17.7. The Balaban J connectivity index is 2.04. The number of carbonyl (C=O) groups excluding carboxylic acids is 1. The van der Waals surface area contributed by atoms with E-state index in [1.807, 2.05) is 7.05 Å². The van der Waals surface area contributed by atoms with Crippen LogP contribution >= 0.6 is 0 Å². The molecule has 1 fully saturated rings. The molecule has 2 atom stereocenters. The summed E-state index contributed by atoms with van der Waals surface area (Å²) in [7, 11) is 1.89. The number of amides is 1. The number of nitrogens with one attached hydrogen (secondary N) is 1. The Kier molecular flexibility index (Phi) is 6.27. The fourth-order valence-corrected chi connectivity index (χ4v) is 3.43. The van der Waals surface area contributed by atoms with Crippen molar-refractivity contribution in [3.63, 3.8) is 0 Å². The Morgan fingerprint density at radius 2 is 2.08 bits per heavy atom. The first-order valence-corrected chi connectivity index (χ1v) is 8.41. The molecule has 1 aromatic rings. The molecule has 1 aliphatic heterocycles. The van der Waals surface area contributed by atoms with Gasteiger partial charge in [-0.15, -0.1) is 0 Å². The van der Waals surface area contributed by atoms with Crippen LogP contribution in [0.4, 0.5) is 13.2 Å². The largest absolute Gasteiger partial charge is 0.416 e. The monoisotopic (exact) mass is 342 g/mol. The molecule has 0 aliphatic carbocycles. The van der Waals surface area contributed by atoms with E-state index in [0.717, 1.165) is 25.5 Å². The van der Waals surface area contributed by atoms with Gasteiger partial charge in [0.25, 0.3) is 0 Å². The summed E-state index contributed by atoms with van der Waals surface area (Å²) in [6.45, 7) is 3.94. The highest BCUT2D eigenvalue weighted by Crippen LogP contribution is 2.36. The Morgan fingerprint density at radius 1 is 1.38 bits per heavy atom. The molecular weight excluding hydrogens is 317 g/mol. The van der Waals surface area contributed by atoms with Crippen LogP contribution in [0.25, 0.3) is 0 Å². The molecule has 1 heterocycles. The van der Waals surface area contributed by atoms with Crippen molar-refractivity contribution in [1.29, 1.82) is 0 Å². The smallest absolute Gasteiger partial charge is 0.342 e. The third-order valence-corrected chi connectivity index (χ3v) is 4.64. The Hall–Kier alpha value is -1.56. The molecule has 0 bridgehead atoms. The van der Waals surface area contributed by atoms with Gasteiger partial charge < -0.3 is 10.2 Å². The lowest BCUT2D eigenvalue weighted by Gasteiger charge is -2.33. The first-order chi connectivity index (χ1) is 11.3. The normalized spacial score (nSPS) is 20.0. The van der Waals surface area contributed by atoms with Gasteiger partial charge in [-0.05, 0) is 49.9 Å². The van der Waals surface area contributed by atoms with Crippen LogP contribution in [0.3, 0.4) is 0 Å². The number of rotatable bonds is 5. The van der Waals surface area contributed by atoms with Gasteiger partial charge in [-0.3, -0.25) is 4.79 Å². The number of carbonyl (C=O) groups is 1. The SMILES string of the molecule is CNC[C@H]1CCCN(C(=O)C[C@@H](C)c2ccccc2C(F)(F)F)C1. The molecule has 1 N–H and O–H groups in total. The van der Waals surface area contributed by atoms with Gasteiger partial charge in [0.05, 0.1) is 5.56 Å². The topological polar surface area (TPSA) is 32.3 Å². The van der Waals surface area contributed by atoms with Gasteiger partial charge in [0.15, 0.2) is 0 Å². The number of likely N-dealkylation sites (tertiary alicyclic amines) is 1. The molecule has 134 valence electrons. The second-order valence-electron chi connectivity index (χ2n) is 6.60. The second kappa shape index (κ2) is 8.01. The minimum Gasteiger partial charge on any atom is -0.342 e. The summed E-state index contributed by atoms with van der Waals surface area (Å²) in [6.07, 6.45) is -2.25. The molecule has 3 nitrogen and oxygen atoms in total. The van der Waals surface area contributed by atoms with Gasteiger partial charge in [0.1, 0.15) is 0 Å². The zero-order valence-electron chi connectivity index (χ0n) is 14.2. The van der Waals surface area contributed by atoms with Crippen LogP contribution in [0.5, 0.6) is 0 Å². The van der Waals surface area contributed by atoms with Crippen LogP contribution in [0.15, 0.2) is 24.3 Å². The van der Waals surface area contributed by atoms with Crippen LogP contribution in [-0.2, 0) is 11.0 Å². The molecule has 2 rings (SSSR count). The van der Waals surface area contributed by atoms with Gasteiger partial charge >= 0.3 is 6.18 Å². The predicted molar refractivity (Wildman–Crippen MR) is 87.7 cm³/mol. The third kappa shape index (κ3) is 4.72. The van der Waals surface area contributed by atoms with Crippen molar-refractivity contribution in [2.75, 3.05) is 26.7 Å². The van der Waals surface area contributed by atoms with E-state index >= 15 is 0 Å². The van der Waals surface area contributed by atoms with E-state index in [1.54, 1.807) is 17.9 Å². The molecule has 0 spiro atoms. The zero-order valence-corrected chi connectivity index (χ0v) is 14.2. The fraction of sp³-hybridized carbons (Fsp3) is 0.611. The predicted octanol–water partition coefficient (Wildman–Crippen LogP) is 3.66. The molecule has 6 heteroatoms. The second-order valence-corrected chi connectivity index (χ2v) is 6.60. The minimum absolute atomic E-state index is 0.0553. The molecular formula is C18H25F3N2O. The maximum Gasteiger partial charge on any atom is 0.416 e. The maximum atomic E-state index is 13.1. The first-order valence-electron chi connectivity index (χ1n) is 8.41. The van der Waals surface area contributed by atoms with Crippen molar-refractivity contribution >= 4 is 5.91 Å². The first kappa shape index (κ1) is 18.8. The Bertz CT molecular complexity index is 557. The van der Waals surface area contributed by atoms with Gasteiger partial charge in [-0.1, -0.05) is 25.1 Å². The van der Waals surface area contributed by atoms with Gasteiger partial charge in [0.2, 0.25) is 5.91 Å². The molecule has 24 heavy (non-hydrogen) atoms. The number of hydrogen-bond acceptors (Lipinski definition) is 2. The summed E-state index contributed by atoms with van der Waals surface area (Å²) >= 11 is 0. The highest BCUT2D eigenvalue weighted by atomic mass is 19.4. The van der Waals surface area contributed by atoms with E-state index in [9.17, 15) is 18.0 Å². The number of alkyl halides is 3. The fourth-order valence-electron chi connectivity index (χ4n) is 3.43. The van der Waals surface area contributed by atoms with Crippen molar-refractivity contribution in [2.45, 2.75) is 38.3 Å². The van der Waals surface area contributed by atoms with Crippen molar-refractivity contribution < 1.29 is 18.0 Å². The van der Waals surface area contributed by atoms with E-state index in [0.29, 0.717) is 19.0 Å². The molecule has 0 radical (unpaired) electrons. The van der Waals surface area contributed by atoms with Gasteiger partial charge in [-0.25, -0.2) is 0 Å². The molecule has 1 aromatic carbocycles. The third-order valence-electron chi connectivity index (χ3n) is 4.64. The quantitative estimate of drug-likeness (QED) is 0.886. The molecule has 1 aliphatic rings. The van der Waals surface area contributed by atoms with E-state index < -0.39 is 17.7 Å². The lowest BCUT2D eigenvalue weighted by Crippen LogP contribution is -2.42. The lowest BCUT2D eigenvalue weighted by molar-refractivity contribution is -0.139.